The van der Waals surface area contributed by atoms with Crippen LogP contribution in [0.15, 0.2) is 48.7 Å². The lowest BCUT2D eigenvalue weighted by molar-refractivity contribution is -0.119. The topological polar surface area (TPSA) is 42.0 Å². The minimum atomic E-state index is -2.84. The number of alkyl halides is 2. The molecule has 1 atom stereocenters. The van der Waals surface area contributed by atoms with E-state index in [1.165, 1.54) is 0 Å². The molecule has 1 heterocycles. The molecule has 20 heavy (non-hydrogen) atoms. The van der Waals surface area contributed by atoms with Crippen molar-refractivity contribution in [1.29, 1.82) is 0 Å². The van der Waals surface area contributed by atoms with Crippen LogP contribution in [0.25, 0.3) is 11.3 Å². The molecule has 1 saturated carbocycles. The normalized spacial score (nSPS) is 19.4. The van der Waals surface area contributed by atoms with Gasteiger partial charge in [0.25, 0.3) is 5.92 Å². The predicted octanol–water partition coefficient (Wildman–Crippen LogP) is 3.34. The molecule has 0 radical (unpaired) electrons. The van der Waals surface area contributed by atoms with E-state index >= 15 is 0 Å². The number of nitrogens with zero attached hydrogens (tertiary/aromatic N) is 1. The SMILES string of the molecule is O=C(Nc1cccc(-c2ccccn2)c1)[C@H]1CC1(F)F. The van der Waals surface area contributed by atoms with Gasteiger partial charge in [0.05, 0.1) is 5.69 Å². The second kappa shape index (κ2) is 4.67. The van der Waals surface area contributed by atoms with Crippen molar-refractivity contribution in [2.75, 3.05) is 5.32 Å². The maximum Gasteiger partial charge on any atom is 0.260 e. The van der Waals surface area contributed by atoms with E-state index in [1.807, 2.05) is 24.3 Å². The number of hydrogen-bond donors (Lipinski definition) is 1. The molecular weight excluding hydrogens is 262 g/mol. The summed E-state index contributed by atoms with van der Waals surface area (Å²) in [6, 6.07) is 12.5. The molecule has 1 aliphatic carbocycles. The first kappa shape index (κ1) is 12.7. The second-order valence-corrected chi connectivity index (χ2v) is 4.80. The molecule has 1 aromatic carbocycles. The van der Waals surface area contributed by atoms with Crippen molar-refractivity contribution in [3.8, 4) is 11.3 Å². The van der Waals surface area contributed by atoms with Crippen molar-refractivity contribution in [1.82, 2.24) is 4.98 Å². The van der Waals surface area contributed by atoms with Crippen molar-refractivity contribution in [2.45, 2.75) is 12.3 Å². The zero-order chi connectivity index (χ0) is 14.2. The number of hydrogen-bond acceptors (Lipinski definition) is 2. The van der Waals surface area contributed by atoms with Crippen molar-refractivity contribution < 1.29 is 13.6 Å². The van der Waals surface area contributed by atoms with E-state index in [0.29, 0.717) is 5.69 Å². The van der Waals surface area contributed by atoms with Gasteiger partial charge < -0.3 is 5.32 Å². The number of benzene rings is 1. The van der Waals surface area contributed by atoms with Crippen LogP contribution in [0.1, 0.15) is 6.42 Å². The third-order valence-electron chi connectivity index (χ3n) is 3.23. The van der Waals surface area contributed by atoms with Gasteiger partial charge in [-0.15, -0.1) is 0 Å². The molecule has 1 amide bonds. The van der Waals surface area contributed by atoms with E-state index in [2.05, 4.69) is 10.3 Å². The predicted molar refractivity (Wildman–Crippen MR) is 71.4 cm³/mol. The highest BCUT2D eigenvalue weighted by atomic mass is 19.3. The number of rotatable bonds is 3. The number of anilines is 1. The molecule has 0 unspecified atom stereocenters. The second-order valence-electron chi connectivity index (χ2n) is 4.80. The standard InChI is InChI=1S/C15H12F2N2O/c16-15(17)9-12(15)14(20)19-11-5-3-4-10(8-11)13-6-1-2-7-18-13/h1-8,12H,9H2,(H,19,20)/t12-/m1/s1. The Balaban J connectivity index is 1.77. The average Bonchev–Trinajstić information content (AvgIpc) is 3.09. The largest absolute Gasteiger partial charge is 0.326 e. The van der Waals surface area contributed by atoms with Crippen LogP contribution in [0, 0.1) is 5.92 Å². The van der Waals surface area contributed by atoms with E-state index in [0.717, 1.165) is 11.3 Å². The van der Waals surface area contributed by atoms with E-state index < -0.39 is 17.7 Å². The Kier molecular flexibility index (Phi) is 2.97. The summed E-state index contributed by atoms with van der Waals surface area (Å²) in [4.78, 5) is 15.8. The smallest absolute Gasteiger partial charge is 0.260 e. The number of aromatic nitrogens is 1. The maximum absolute atomic E-state index is 12.8. The number of carbonyl (C=O) groups excluding carboxylic acids is 1. The molecule has 2 aromatic rings. The van der Waals surface area contributed by atoms with Crippen molar-refractivity contribution >= 4 is 11.6 Å². The first-order valence-electron chi connectivity index (χ1n) is 6.26. The van der Waals surface area contributed by atoms with Crippen LogP contribution in [0.2, 0.25) is 0 Å². The third kappa shape index (κ3) is 2.52. The fourth-order valence-electron chi connectivity index (χ4n) is 2.02. The molecule has 3 nitrogen and oxygen atoms in total. The van der Waals surface area contributed by atoms with Gasteiger partial charge in [0, 0.05) is 23.9 Å². The van der Waals surface area contributed by atoms with Gasteiger partial charge in [-0.2, -0.15) is 0 Å². The van der Waals surface area contributed by atoms with Crippen LogP contribution < -0.4 is 5.32 Å². The molecular formula is C15H12F2N2O. The van der Waals surface area contributed by atoms with Crippen molar-refractivity contribution in [3.05, 3.63) is 48.7 Å². The molecule has 1 aliphatic rings. The van der Waals surface area contributed by atoms with Crippen LogP contribution in [0.5, 0.6) is 0 Å². The van der Waals surface area contributed by atoms with Gasteiger partial charge in [0.2, 0.25) is 5.91 Å². The van der Waals surface area contributed by atoms with Crippen LogP contribution >= 0.6 is 0 Å². The highest BCUT2D eigenvalue weighted by Crippen LogP contribution is 2.49. The fourth-order valence-corrected chi connectivity index (χ4v) is 2.02. The summed E-state index contributed by atoms with van der Waals surface area (Å²) < 4.78 is 25.6. The molecule has 1 aromatic heterocycles. The van der Waals surface area contributed by atoms with E-state index in [9.17, 15) is 13.6 Å². The lowest BCUT2D eigenvalue weighted by Crippen LogP contribution is -2.17. The average molecular weight is 274 g/mol. The number of carbonyl (C=O) groups is 1. The van der Waals surface area contributed by atoms with Gasteiger partial charge in [0.15, 0.2) is 0 Å². The zero-order valence-electron chi connectivity index (χ0n) is 10.5. The number of halogens is 2. The molecule has 0 saturated heterocycles. The van der Waals surface area contributed by atoms with Gasteiger partial charge >= 0.3 is 0 Å². The minimum Gasteiger partial charge on any atom is -0.326 e. The lowest BCUT2D eigenvalue weighted by atomic mass is 10.1. The number of nitrogens with one attached hydrogen (secondary N) is 1. The molecule has 102 valence electrons. The highest BCUT2D eigenvalue weighted by molar-refractivity contribution is 5.95. The quantitative estimate of drug-likeness (QED) is 0.932. The summed E-state index contributed by atoms with van der Waals surface area (Å²) in [5, 5.41) is 2.52. The highest BCUT2D eigenvalue weighted by Gasteiger charge is 2.61. The van der Waals surface area contributed by atoms with Crippen LogP contribution in [0.4, 0.5) is 14.5 Å². The van der Waals surface area contributed by atoms with Gasteiger partial charge in [-0.1, -0.05) is 18.2 Å². The summed E-state index contributed by atoms with van der Waals surface area (Å²) in [7, 11) is 0. The Bertz CT molecular complexity index is 643. The fraction of sp³-hybridized carbons (Fsp3) is 0.200. The Morgan fingerprint density at radius 2 is 2.05 bits per heavy atom. The molecule has 1 N–H and O–H groups in total. The van der Waals surface area contributed by atoms with Gasteiger partial charge in [-0.25, -0.2) is 8.78 Å². The summed E-state index contributed by atoms with van der Waals surface area (Å²) >= 11 is 0. The Hall–Kier alpha value is -2.30. The minimum absolute atomic E-state index is 0.362. The monoisotopic (exact) mass is 274 g/mol. The Morgan fingerprint density at radius 1 is 1.25 bits per heavy atom. The summed E-state index contributed by atoms with van der Waals surface area (Å²) in [6.45, 7) is 0. The van der Waals surface area contributed by atoms with Gasteiger partial charge in [0.1, 0.15) is 5.92 Å². The Morgan fingerprint density at radius 3 is 2.70 bits per heavy atom. The van der Waals surface area contributed by atoms with E-state index in [1.54, 1.807) is 24.4 Å². The van der Waals surface area contributed by atoms with Crippen molar-refractivity contribution in [3.63, 3.8) is 0 Å². The number of pyridine rings is 1. The lowest BCUT2D eigenvalue weighted by Gasteiger charge is -2.07. The first-order chi connectivity index (χ1) is 9.56. The van der Waals surface area contributed by atoms with Crippen LogP contribution in [-0.4, -0.2) is 16.8 Å². The van der Waals surface area contributed by atoms with Crippen molar-refractivity contribution in [2.24, 2.45) is 5.92 Å². The first-order valence-corrected chi connectivity index (χ1v) is 6.26. The molecule has 5 heteroatoms. The summed E-state index contributed by atoms with van der Waals surface area (Å²) in [5.74, 6) is -4.67. The van der Waals surface area contributed by atoms with Gasteiger partial charge in [-0.3, -0.25) is 9.78 Å². The zero-order valence-corrected chi connectivity index (χ0v) is 10.5. The van der Waals surface area contributed by atoms with Crippen LogP contribution in [0.3, 0.4) is 0 Å². The maximum atomic E-state index is 12.8. The molecule has 0 bridgehead atoms. The summed E-state index contributed by atoms with van der Waals surface area (Å²) in [6.07, 6.45) is 1.31. The number of amides is 1. The van der Waals surface area contributed by atoms with E-state index in [-0.39, 0.29) is 6.42 Å². The molecule has 0 spiro atoms. The molecule has 1 fully saturated rings. The molecule has 0 aliphatic heterocycles. The summed E-state index contributed by atoms with van der Waals surface area (Å²) in [5.41, 5.74) is 2.09. The van der Waals surface area contributed by atoms with Crippen LogP contribution in [-0.2, 0) is 4.79 Å². The molecule has 3 rings (SSSR count). The van der Waals surface area contributed by atoms with E-state index in [4.69, 9.17) is 0 Å². The third-order valence-corrected chi connectivity index (χ3v) is 3.23. The Labute approximate surface area is 114 Å². The van der Waals surface area contributed by atoms with Gasteiger partial charge in [-0.05, 0) is 24.3 Å².